The Morgan fingerprint density at radius 1 is 0.327 bits per heavy atom. The molecule has 0 aromatic rings. The Morgan fingerprint density at radius 3 is 0.945 bits per heavy atom. The fraction of sp³-hybridized carbons (Fsp3) is 1.00. The SMILES string of the molecule is O=P(O)(O)OCC1OC(OP(=O)(O)O)C(OP(=O)(O)O)[C@@H](OP(=O)(O)O)[C@@H]1O[C@@H]1OC(COP(=O)(O)O)[C@H](OP(=O)(O)O)[C@H](OP(=O)(O)O)C1OP(=O)(O)O. The molecule has 0 spiro atoms. The van der Waals surface area contributed by atoms with Crippen molar-refractivity contribution < 1.29 is 165 Å². The van der Waals surface area contributed by atoms with E-state index in [1.165, 1.54) is 0 Å². The summed E-state index contributed by atoms with van der Waals surface area (Å²) in [5.41, 5.74) is 0. The summed E-state index contributed by atoms with van der Waals surface area (Å²) in [4.78, 5) is 151. The molecule has 55 heavy (non-hydrogen) atoms. The van der Waals surface area contributed by atoms with E-state index in [-0.39, 0.29) is 0 Å². The maximum atomic E-state index is 12.1. The minimum atomic E-state index is -6.20. The molecule has 10 atom stereocenters. The standard InChI is InChI=1S/C12H30O35P8/c13-48(14,15)37-1-3-5(7(43-51(22,23)24)10(46-54(31,32)33)12(40-3)47-55(34,35)36)41-11-9(45-53(28,29)30)8(44-52(25,26)27)6(42-50(19,20)21)4(39-11)2-38-49(16,17)18/h3-12H,1-2H2,(H2,13,14,15)(H2,16,17,18)(H2,19,20,21)(H2,22,23,24)(H2,25,26,27)(H2,28,29,30)(H2,31,32,33)(H2,34,35,36)/t3?,4?,5-,6+,7+,8+,9?,10?,11+,12?/m1/s1. The van der Waals surface area contributed by atoms with E-state index in [1.54, 1.807) is 0 Å². The van der Waals surface area contributed by atoms with Crippen LogP contribution in [0.4, 0.5) is 0 Å². The molecule has 2 rings (SSSR count). The molecule has 35 nitrogen and oxygen atoms in total. The van der Waals surface area contributed by atoms with E-state index in [0.29, 0.717) is 0 Å². The third-order valence-electron chi connectivity index (χ3n) is 5.82. The molecule has 0 saturated carbocycles. The summed E-state index contributed by atoms with van der Waals surface area (Å²) in [6, 6.07) is 0. The van der Waals surface area contributed by atoms with Gasteiger partial charge in [-0.05, 0) is 0 Å². The number of rotatable bonds is 20. The third-order valence-corrected chi connectivity index (χ3v) is 9.87. The van der Waals surface area contributed by atoms with Crippen molar-refractivity contribution in [2.75, 3.05) is 13.2 Å². The zero-order chi connectivity index (χ0) is 43.0. The fourth-order valence-corrected chi connectivity index (χ4v) is 8.28. The molecular weight excluding hydrogens is 952 g/mol. The first-order valence-electron chi connectivity index (χ1n) is 13.0. The monoisotopic (exact) mass is 982 g/mol. The number of phosphoric ester groups is 8. The first kappa shape index (κ1) is 51.9. The van der Waals surface area contributed by atoms with Gasteiger partial charge in [-0.2, -0.15) is 0 Å². The number of ether oxygens (including phenoxy) is 3. The predicted octanol–water partition coefficient (Wildman–Crippen LogP) is -4.46. The molecule has 5 unspecified atom stereocenters. The van der Waals surface area contributed by atoms with Gasteiger partial charge in [0.1, 0.15) is 42.7 Å². The van der Waals surface area contributed by atoms with Crippen LogP contribution in [-0.2, 0) is 86.9 Å². The molecule has 0 bridgehead atoms. The van der Waals surface area contributed by atoms with Gasteiger partial charge in [-0.3, -0.25) is 36.2 Å². The third kappa shape index (κ3) is 20.3. The van der Waals surface area contributed by atoms with Crippen molar-refractivity contribution in [2.45, 2.75) is 61.4 Å². The van der Waals surface area contributed by atoms with Crippen molar-refractivity contribution in [3.8, 4) is 0 Å². The van der Waals surface area contributed by atoms with Crippen LogP contribution in [-0.4, -0.2) is 153 Å². The molecule has 43 heteroatoms. The van der Waals surface area contributed by atoms with Crippen molar-refractivity contribution in [3.05, 3.63) is 0 Å². The maximum Gasteiger partial charge on any atom is 0.472 e. The Bertz CT molecular complexity index is 1680. The highest BCUT2D eigenvalue weighted by Gasteiger charge is 2.60. The highest BCUT2D eigenvalue weighted by molar-refractivity contribution is 7.48. The average molecular weight is 982 g/mol. The molecule has 2 aliphatic heterocycles. The Kier molecular flexibility index (Phi) is 17.7. The van der Waals surface area contributed by atoms with Crippen LogP contribution in [0.25, 0.3) is 0 Å². The zero-order valence-corrected chi connectivity index (χ0v) is 32.8. The van der Waals surface area contributed by atoms with Crippen LogP contribution in [0.15, 0.2) is 0 Å². The van der Waals surface area contributed by atoms with Gasteiger partial charge in [0, 0.05) is 0 Å². The van der Waals surface area contributed by atoms with Crippen molar-refractivity contribution in [3.63, 3.8) is 0 Å². The van der Waals surface area contributed by atoms with Gasteiger partial charge in [0.05, 0.1) is 13.2 Å². The molecule has 0 aliphatic carbocycles. The average Bonchev–Trinajstić information content (AvgIpc) is 2.88. The minimum Gasteiger partial charge on any atom is -0.341 e. The lowest BCUT2D eigenvalue weighted by atomic mass is 9.97. The second-order valence-corrected chi connectivity index (χ2v) is 19.8. The van der Waals surface area contributed by atoms with Crippen LogP contribution in [0.3, 0.4) is 0 Å². The Balaban J connectivity index is 2.97. The topological polar surface area (TPSA) is 562 Å². The largest absolute Gasteiger partial charge is 0.472 e. The lowest BCUT2D eigenvalue weighted by Gasteiger charge is -2.49. The molecule has 0 aromatic heterocycles. The van der Waals surface area contributed by atoms with E-state index in [0.717, 1.165) is 0 Å². The van der Waals surface area contributed by atoms with Crippen LogP contribution in [0, 0.1) is 0 Å². The Labute approximate surface area is 302 Å². The summed E-state index contributed by atoms with van der Waals surface area (Å²) in [5.74, 6) is 0. The molecule has 2 aliphatic rings. The van der Waals surface area contributed by atoms with Gasteiger partial charge in [0.2, 0.25) is 0 Å². The summed E-state index contributed by atoms with van der Waals surface area (Å²) in [6.45, 7) is -3.50. The van der Waals surface area contributed by atoms with Crippen molar-refractivity contribution >= 4 is 62.6 Å². The summed E-state index contributed by atoms with van der Waals surface area (Å²) >= 11 is 0. The molecule has 0 aromatic carbocycles. The van der Waals surface area contributed by atoms with Gasteiger partial charge < -0.3 is 92.5 Å². The summed E-state index contributed by atoms with van der Waals surface area (Å²) < 4.78 is 144. The second kappa shape index (κ2) is 18.8. The van der Waals surface area contributed by atoms with Crippen LogP contribution < -0.4 is 0 Å². The van der Waals surface area contributed by atoms with E-state index in [4.69, 9.17) is 14.2 Å². The summed E-state index contributed by atoms with van der Waals surface area (Å²) in [5, 5.41) is 0. The van der Waals surface area contributed by atoms with Gasteiger partial charge >= 0.3 is 62.6 Å². The number of phosphoric acid groups is 8. The molecular formula is C12H30O35P8. The molecule has 16 N–H and O–H groups in total. The van der Waals surface area contributed by atoms with E-state index in [1.807, 2.05) is 0 Å². The summed E-state index contributed by atoms with van der Waals surface area (Å²) in [6.07, 6.45) is -30.0. The van der Waals surface area contributed by atoms with Gasteiger partial charge in [0.15, 0.2) is 18.7 Å². The van der Waals surface area contributed by atoms with Gasteiger partial charge in [-0.1, -0.05) is 0 Å². The highest BCUT2D eigenvalue weighted by atomic mass is 31.2. The first-order valence-corrected chi connectivity index (χ1v) is 25.3. The smallest absolute Gasteiger partial charge is 0.341 e. The van der Waals surface area contributed by atoms with Crippen molar-refractivity contribution in [1.82, 2.24) is 0 Å². The quantitative estimate of drug-likeness (QED) is 0.0512. The van der Waals surface area contributed by atoms with E-state index in [2.05, 4.69) is 36.2 Å². The van der Waals surface area contributed by atoms with Crippen LogP contribution in [0.1, 0.15) is 0 Å². The minimum absolute atomic E-state index is 1.74. The van der Waals surface area contributed by atoms with Crippen LogP contribution in [0.5, 0.6) is 0 Å². The number of hydrogen-bond acceptors (Lipinski definition) is 19. The summed E-state index contributed by atoms with van der Waals surface area (Å²) in [7, 11) is -48.1. The molecule has 0 amide bonds. The van der Waals surface area contributed by atoms with E-state index < -0.39 is 137 Å². The molecule has 328 valence electrons. The molecule has 0 radical (unpaired) electrons. The molecule has 2 fully saturated rings. The molecule has 2 saturated heterocycles. The number of hydrogen-bond donors (Lipinski definition) is 16. The highest BCUT2D eigenvalue weighted by Crippen LogP contribution is 2.54. The fourth-order valence-electron chi connectivity index (χ4n) is 4.40. The van der Waals surface area contributed by atoms with Gasteiger partial charge in [-0.15, -0.1) is 0 Å². The molecule has 2 heterocycles. The van der Waals surface area contributed by atoms with Crippen LogP contribution >= 0.6 is 62.6 Å². The van der Waals surface area contributed by atoms with E-state index >= 15 is 0 Å². The van der Waals surface area contributed by atoms with Gasteiger partial charge in [-0.25, -0.2) is 36.5 Å². The van der Waals surface area contributed by atoms with Crippen LogP contribution in [0.2, 0.25) is 0 Å². The maximum absolute atomic E-state index is 12.1. The Hall–Kier alpha value is 0.760. The van der Waals surface area contributed by atoms with Crippen molar-refractivity contribution in [2.24, 2.45) is 0 Å². The van der Waals surface area contributed by atoms with Gasteiger partial charge in [0.25, 0.3) is 0 Å². The van der Waals surface area contributed by atoms with E-state index in [9.17, 15) is 115 Å². The predicted molar refractivity (Wildman–Crippen MR) is 156 cm³/mol. The zero-order valence-electron chi connectivity index (χ0n) is 25.7. The first-order chi connectivity index (χ1) is 24.2. The van der Waals surface area contributed by atoms with Crippen molar-refractivity contribution in [1.29, 1.82) is 0 Å². The Morgan fingerprint density at radius 2 is 0.600 bits per heavy atom. The second-order valence-electron chi connectivity index (χ2n) is 10.2. The lowest BCUT2D eigenvalue weighted by Crippen LogP contribution is -2.66. The normalized spacial score (nSPS) is 31.1. The lowest BCUT2D eigenvalue weighted by molar-refractivity contribution is -0.345.